The Hall–Kier alpha value is -0.810. The van der Waals surface area contributed by atoms with Gasteiger partial charge in [-0.2, -0.15) is 0 Å². The molecule has 0 spiro atoms. The highest BCUT2D eigenvalue weighted by Crippen LogP contribution is 2.21. The van der Waals surface area contributed by atoms with E-state index in [0.717, 1.165) is 6.08 Å². The molecule has 1 aliphatic carbocycles. The van der Waals surface area contributed by atoms with Gasteiger partial charge in [0.25, 0.3) is 0 Å². The monoisotopic (exact) mass is 233 g/mol. The number of rotatable bonds is 0. The molecule has 66 valence electrons. The van der Waals surface area contributed by atoms with Gasteiger partial charge < -0.3 is 5.73 Å². The molecule has 0 unspecified atom stereocenters. The highest BCUT2D eigenvalue weighted by atomic mass is 79.9. The predicted octanol–water partition coefficient (Wildman–Crippen LogP) is 1.75. The Bertz CT molecular complexity index is 240. The zero-order valence-corrected chi connectivity index (χ0v) is 8.07. The van der Waals surface area contributed by atoms with Crippen molar-refractivity contribution in [1.29, 1.82) is 10.8 Å². The van der Waals surface area contributed by atoms with E-state index in [4.69, 9.17) is 10.8 Å². The van der Waals surface area contributed by atoms with E-state index in [1.807, 2.05) is 0 Å². The van der Waals surface area contributed by atoms with E-state index in [1.54, 1.807) is 0 Å². The van der Waals surface area contributed by atoms with Crippen molar-refractivity contribution in [3.63, 3.8) is 0 Å². The number of hydrogen-bond acceptors (Lipinski definition) is 3. The molecule has 0 saturated heterocycles. The number of nitrogens with one attached hydrogen (secondary N) is 2. The summed E-state index contributed by atoms with van der Waals surface area (Å²) in [7, 11) is 1.50. The van der Waals surface area contributed by atoms with Crippen LogP contribution in [0.5, 0.6) is 0 Å². The molecule has 0 aliphatic heterocycles. The van der Waals surface area contributed by atoms with E-state index < -0.39 is 5.83 Å². The summed E-state index contributed by atoms with van der Waals surface area (Å²) in [6.45, 7) is 0. The normalized spacial score (nSPS) is 16.0. The molecule has 0 heterocycles. The number of hydrogen-bond donors (Lipinski definition) is 3. The molecule has 0 aromatic carbocycles. The summed E-state index contributed by atoms with van der Waals surface area (Å²) in [6.07, 6.45) is 2.27. The van der Waals surface area contributed by atoms with Gasteiger partial charge in [-0.05, 0) is 29.1 Å². The average molecular weight is 234 g/mol. The van der Waals surface area contributed by atoms with Gasteiger partial charge in [0.2, 0.25) is 0 Å². The summed E-state index contributed by atoms with van der Waals surface area (Å²) in [5, 5.41) is 14.1. The molecule has 0 aromatic rings. The first-order chi connectivity index (χ1) is 5.61. The molecule has 4 N–H and O–H groups in total. The lowest BCUT2D eigenvalue weighted by Crippen LogP contribution is -2.10. The second-order valence-electron chi connectivity index (χ2n) is 1.81. The van der Waals surface area contributed by atoms with Crippen LogP contribution in [0, 0.1) is 10.8 Å². The van der Waals surface area contributed by atoms with Crippen LogP contribution >= 0.6 is 15.9 Å². The average Bonchev–Trinajstić information content (AvgIpc) is 2.05. The molecular weight excluding hydrogens is 225 g/mol. The molecule has 0 bridgehead atoms. The van der Waals surface area contributed by atoms with Crippen LogP contribution in [-0.4, -0.2) is 18.5 Å². The summed E-state index contributed by atoms with van der Waals surface area (Å²) in [6, 6.07) is 0. The Kier molecular flexibility index (Phi) is 4.61. The smallest absolute Gasteiger partial charge is 0.139 e. The van der Waals surface area contributed by atoms with Gasteiger partial charge in [-0.25, -0.2) is 4.39 Å². The Morgan fingerprint density at radius 1 is 1.25 bits per heavy atom. The minimum atomic E-state index is -0.499. The fraction of sp³-hybridized carbons (Fsp3) is 0.143. The first-order valence-electron chi connectivity index (χ1n) is 3.11. The molecule has 0 saturated carbocycles. The molecule has 0 fully saturated rings. The van der Waals surface area contributed by atoms with Crippen LogP contribution in [0.3, 0.4) is 0 Å². The molecular formula is C7H9BrFN3. The van der Waals surface area contributed by atoms with E-state index in [-0.39, 0.29) is 15.9 Å². The summed E-state index contributed by atoms with van der Waals surface area (Å²) >= 11 is 2.90. The third-order valence-electron chi connectivity index (χ3n) is 1.06. The van der Waals surface area contributed by atoms with Gasteiger partial charge in [0.05, 0.1) is 15.9 Å². The van der Waals surface area contributed by atoms with Crippen LogP contribution in [0.25, 0.3) is 0 Å². The molecule has 0 aromatic heterocycles. The van der Waals surface area contributed by atoms with Crippen LogP contribution < -0.4 is 5.73 Å². The van der Waals surface area contributed by atoms with Gasteiger partial charge in [0, 0.05) is 6.08 Å². The summed E-state index contributed by atoms with van der Waals surface area (Å²) < 4.78 is 12.7. The van der Waals surface area contributed by atoms with E-state index in [2.05, 4.69) is 21.7 Å². The van der Waals surface area contributed by atoms with Crippen LogP contribution in [0.4, 0.5) is 4.39 Å². The first-order valence-corrected chi connectivity index (χ1v) is 3.90. The van der Waals surface area contributed by atoms with Gasteiger partial charge in [0.1, 0.15) is 5.83 Å². The summed E-state index contributed by atoms with van der Waals surface area (Å²) in [5.74, 6) is -0.499. The molecule has 12 heavy (non-hydrogen) atoms. The van der Waals surface area contributed by atoms with Crippen molar-refractivity contribution in [2.45, 2.75) is 0 Å². The van der Waals surface area contributed by atoms with Crippen molar-refractivity contribution in [2.24, 2.45) is 5.73 Å². The van der Waals surface area contributed by atoms with Gasteiger partial charge >= 0.3 is 0 Å². The summed E-state index contributed by atoms with van der Waals surface area (Å²) in [4.78, 5) is 0. The largest absolute Gasteiger partial charge is 0.333 e. The second kappa shape index (κ2) is 4.95. The molecule has 5 heteroatoms. The lowest BCUT2D eigenvalue weighted by atomic mass is 10.1. The van der Waals surface area contributed by atoms with Gasteiger partial charge in [0.15, 0.2) is 0 Å². The van der Waals surface area contributed by atoms with E-state index in [0.29, 0.717) is 0 Å². The maximum absolute atomic E-state index is 12.5. The minimum Gasteiger partial charge on any atom is -0.333 e. The van der Waals surface area contributed by atoms with Crippen LogP contribution in [0.2, 0.25) is 0 Å². The zero-order valence-electron chi connectivity index (χ0n) is 6.49. The van der Waals surface area contributed by atoms with Gasteiger partial charge in [-0.3, -0.25) is 10.8 Å². The Morgan fingerprint density at radius 2 is 1.67 bits per heavy atom. The fourth-order valence-corrected chi connectivity index (χ4v) is 0.890. The van der Waals surface area contributed by atoms with Crippen molar-refractivity contribution in [2.75, 3.05) is 7.05 Å². The van der Waals surface area contributed by atoms with Crippen molar-refractivity contribution < 1.29 is 4.39 Å². The predicted molar refractivity (Wildman–Crippen MR) is 51.8 cm³/mol. The molecule has 1 rings (SSSR count). The Balaban J connectivity index is 0.000000561. The Morgan fingerprint density at radius 3 is 2.08 bits per heavy atom. The van der Waals surface area contributed by atoms with Gasteiger partial charge in [-0.15, -0.1) is 0 Å². The third kappa shape index (κ3) is 2.67. The lowest BCUT2D eigenvalue weighted by Gasteiger charge is -2.03. The molecule has 0 amide bonds. The highest BCUT2D eigenvalue weighted by Gasteiger charge is 2.11. The maximum atomic E-state index is 12.5. The van der Waals surface area contributed by atoms with Crippen LogP contribution in [0.1, 0.15) is 0 Å². The number of allylic oxidation sites excluding steroid dienone is 4. The highest BCUT2D eigenvalue weighted by molar-refractivity contribution is 9.12. The quantitative estimate of drug-likeness (QED) is 0.549. The van der Waals surface area contributed by atoms with Crippen molar-refractivity contribution in [3.05, 3.63) is 22.5 Å². The maximum Gasteiger partial charge on any atom is 0.139 e. The summed E-state index contributed by atoms with van der Waals surface area (Å²) in [5.41, 5.74) is 4.42. The van der Waals surface area contributed by atoms with E-state index >= 15 is 0 Å². The number of halogens is 2. The zero-order chi connectivity index (χ0) is 9.72. The van der Waals surface area contributed by atoms with Crippen LogP contribution in [0.15, 0.2) is 22.5 Å². The molecule has 0 atom stereocenters. The van der Waals surface area contributed by atoms with E-state index in [9.17, 15) is 4.39 Å². The van der Waals surface area contributed by atoms with Crippen molar-refractivity contribution >= 4 is 27.4 Å². The first kappa shape index (κ1) is 11.2. The molecule has 0 radical (unpaired) electrons. The van der Waals surface area contributed by atoms with Crippen molar-refractivity contribution in [3.8, 4) is 0 Å². The second-order valence-corrected chi connectivity index (χ2v) is 2.67. The van der Waals surface area contributed by atoms with E-state index in [1.165, 1.54) is 13.1 Å². The lowest BCUT2D eigenvalue weighted by molar-refractivity contribution is 0.665. The van der Waals surface area contributed by atoms with Crippen molar-refractivity contribution in [1.82, 2.24) is 0 Å². The minimum absolute atomic E-state index is 0.0216. The fourth-order valence-electron chi connectivity index (χ4n) is 0.547. The van der Waals surface area contributed by atoms with Crippen LogP contribution in [-0.2, 0) is 0 Å². The van der Waals surface area contributed by atoms with Gasteiger partial charge in [-0.1, -0.05) is 0 Å². The number of nitrogens with two attached hydrogens (primary N) is 1. The SMILES string of the molecule is CN.N=C1C=C(F)C(Br)=CC1=N. The third-order valence-corrected chi connectivity index (χ3v) is 1.67. The Labute approximate surface area is 78.3 Å². The molecule has 1 aliphatic rings. The standard InChI is InChI=1S/C6H4BrFN2.CH5N/c7-3-1-5(9)6(10)2-4(3)8;1-2/h1-2,9-10H;2H2,1H3. The molecule has 3 nitrogen and oxygen atoms in total. The topological polar surface area (TPSA) is 73.7 Å².